The maximum atomic E-state index is 10.5. The van der Waals surface area contributed by atoms with Gasteiger partial charge in [0.2, 0.25) is 0 Å². The van der Waals surface area contributed by atoms with Gasteiger partial charge in [-0.3, -0.25) is 4.79 Å². The van der Waals surface area contributed by atoms with E-state index in [9.17, 15) is 4.79 Å². The molecule has 0 aliphatic carbocycles. The SMILES string of the molecule is C.CC(=O)C(C)(C)C.CC(=S)C(C)(C)C. The number of thiocarbonyl (C=S) groups is 1. The Hall–Kier alpha value is -0.240. The molecule has 0 heterocycles. The van der Waals surface area contributed by atoms with Gasteiger partial charge in [-0.15, -0.1) is 0 Å². The summed E-state index contributed by atoms with van der Waals surface area (Å²) in [6, 6.07) is 0. The van der Waals surface area contributed by atoms with E-state index in [0.29, 0.717) is 0 Å². The Bertz CT molecular complexity index is 180. The number of ketones is 1. The first-order valence-electron chi connectivity index (χ1n) is 4.91. The molecule has 0 atom stereocenters. The monoisotopic (exact) mass is 232 g/mol. The van der Waals surface area contributed by atoms with Crippen LogP contribution in [-0.2, 0) is 4.79 Å². The number of rotatable bonds is 0. The third-order valence-electron chi connectivity index (χ3n) is 2.11. The lowest BCUT2D eigenvalue weighted by molar-refractivity contribution is -0.124. The Balaban J connectivity index is -0.000000180. The molecule has 0 aromatic rings. The molecule has 0 rings (SSSR count). The third-order valence-corrected chi connectivity index (χ3v) is 2.72. The number of carbonyl (C=O) groups is 1. The zero-order chi connectivity index (χ0) is 12.2. The molecule has 0 radical (unpaired) electrons. The summed E-state index contributed by atoms with van der Waals surface area (Å²) in [6.45, 7) is 15.7. The summed E-state index contributed by atoms with van der Waals surface area (Å²) in [5, 5.41) is 0. The molecule has 0 N–H and O–H groups in total. The van der Waals surface area contributed by atoms with E-state index < -0.39 is 0 Å². The lowest BCUT2D eigenvalue weighted by Gasteiger charge is -2.14. The van der Waals surface area contributed by atoms with E-state index >= 15 is 0 Å². The van der Waals surface area contributed by atoms with E-state index in [4.69, 9.17) is 12.2 Å². The molecule has 0 bridgehead atoms. The largest absolute Gasteiger partial charge is 0.299 e. The maximum Gasteiger partial charge on any atom is 0.135 e. The second kappa shape index (κ2) is 7.10. The van der Waals surface area contributed by atoms with E-state index in [1.54, 1.807) is 6.92 Å². The fourth-order valence-corrected chi connectivity index (χ4v) is 0. The van der Waals surface area contributed by atoms with Crippen molar-refractivity contribution < 1.29 is 4.79 Å². The average molecular weight is 232 g/mol. The summed E-state index contributed by atoms with van der Waals surface area (Å²) in [5.41, 5.74) is 0.0926. The molecule has 15 heavy (non-hydrogen) atoms. The number of carbonyl (C=O) groups excluding carboxylic acids is 1. The minimum Gasteiger partial charge on any atom is -0.299 e. The van der Waals surface area contributed by atoms with Crippen molar-refractivity contribution >= 4 is 22.9 Å². The standard InChI is InChI=1S/C6H12O.C6H12S.CH4/c2*1-5(7)6(2,3)4;/h2*1-4H3;1H4. The van der Waals surface area contributed by atoms with Gasteiger partial charge in [-0.25, -0.2) is 0 Å². The molecule has 0 unspecified atom stereocenters. The minimum absolute atomic E-state index is 0. The number of hydrogen-bond acceptors (Lipinski definition) is 2. The van der Waals surface area contributed by atoms with Gasteiger partial charge in [-0.2, -0.15) is 0 Å². The van der Waals surface area contributed by atoms with Crippen molar-refractivity contribution in [1.82, 2.24) is 0 Å². The summed E-state index contributed by atoms with van der Waals surface area (Å²) in [7, 11) is 0. The van der Waals surface area contributed by atoms with Gasteiger partial charge in [-0.05, 0) is 24.1 Å². The molecular weight excluding hydrogens is 204 g/mol. The molecule has 0 aliphatic heterocycles. The highest BCUT2D eigenvalue weighted by Crippen LogP contribution is 2.14. The zero-order valence-electron chi connectivity index (χ0n) is 10.8. The van der Waals surface area contributed by atoms with Crippen molar-refractivity contribution in [2.75, 3.05) is 0 Å². The molecular formula is C13H28OS. The van der Waals surface area contributed by atoms with Crippen LogP contribution in [0.2, 0.25) is 0 Å². The lowest BCUT2D eigenvalue weighted by atomic mass is 9.92. The predicted molar refractivity (Wildman–Crippen MR) is 74.6 cm³/mol. The smallest absolute Gasteiger partial charge is 0.135 e. The predicted octanol–water partition coefficient (Wildman–Crippen LogP) is 4.68. The second-order valence-corrected chi connectivity index (χ2v) is 6.22. The van der Waals surface area contributed by atoms with E-state index in [1.807, 2.05) is 27.7 Å². The minimum atomic E-state index is -0.139. The lowest BCUT2D eigenvalue weighted by Crippen LogP contribution is -2.15. The molecule has 0 aromatic carbocycles. The van der Waals surface area contributed by atoms with E-state index in [0.717, 1.165) is 4.86 Å². The van der Waals surface area contributed by atoms with Crippen molar-refractivity contribution in [2.45, 2.75) is 62.8 Å². The molecule has 2 heteroatoms. The average Bonchev–Trinajstić information content (AvgIpc) is 1.83. The number of hydrogen-bond donors (Lipinski definition) is 0. The van der Waals surface area contributed by atoms with Crippen LogP contribution >= 0.6 is 12.2 Å². The Morgan fingerprint density at radius 3 is 1.00 bits per heavy atom. The zero-order valence-corrected chi connectivity index (χ0v) is 11.6. The van der Waals surface area contributed by atoms with Gasteiger partial charge < -0.3 is 0 Å². The molecule has 0 saturated carbocycles. The van der Waals surface area contributed by atoms with Crippen LogP contribution in [0.25, 0.3) is 0 Å². The first kappa shape index (κ1) is 20.2. The molecule has 0 aliphatic rings. The van der Waals surface area contributed by atoms with Crippen molar-refractivity contribution in [1.29, 1.82) is 0 Å². The van der Waals surface area contributed by atoms with E-state index in [2.05, 4.69) is 20.8 Å². The molecule has 0 aromatic heterocycles. The summed E-state index contributed by atoms with van der Waals surface area (Å²) >= 11 is 4.93. The van der Waals surface area contributed by atoms with Crippen LogP contribution in [0.1, 0.15) is 62.8 Å². The molecule has 0 spiro atoms. The van der Waals surface area contributed by atoms with Crippen LogP contribution in [0.3, 0.4) is 0 Å². The van der Waals surface area contributed by atoms with Crippen molar-refractivity contribution in [3.63, 3.8) is 0 Å². The summed E-state index contributed by atoms with van der Waals surface area (Å²) in [5.74, 6) is 0.243. The van der Waals surface area contributed by atoms with Crippen molar-refractivity contribution in [2.24, 2.45) is 10.8 Å². The van der Waals surface area contributed by atoms with Gasteiger partial charge in [0.05, 0.1) is 0 Å². The van der Waals surface area contributed by atoms with Crippen LogP contribution in [0.15, 0.2) is 0 Å². The van der Waals surface area contributed by atoms with Crippen LogP contribution in [0.5, 0.6) is 0 Å². The highest BCUT2D eigenvalue weighted by atomic mass is 32.1. The molecule has 0 amide bonds. The van der Waals surface area contributed by atoms with E-state index in [1.165, 1.54) is 0 Å². The topological polar surface area (TPSA) is 17.1 Å². The second-order valence-electron chi connectivity index (χ2n) is 5.61. The maximum absolute atomic E-state index is 10.5. The molecule has 0 fully saturated rings. The van der Waals surface area contributed by atoms with Gasteiger partial charge in [0, 0.05) is 5.41 Å². The van der Waals surface area contributed by atoms with Gasteiger partial charge in [0.1, 0.15) is 5.78 Å². The quantitative estimate of drug-likeness (QED) is 0.564. The summed E-state index contributed by atoms with van der Waals surface area (Å²) < 4.78 is 0. The first-order chi connectivity index (χ1) is 5.89. The fourth-order valence-electron chi connectivity index (χ4n) is 0. The van der Waals surface area contributed by atoms with Crippen molar-refractivity contribution in [3.05, 3.63) is 0 Å². The highest BCUT2D eigenvalue weighted by Gasteiger charge is 2.14. The van der Waals surface area contributed by atoms with Gasteiger partial charge in [0.15, 0.2) is 0 Å². The Morgan fingerprint density at radius 2 is 1.00 bits per heavy atom. The Kier molecular flexibility index (Phi) is 9.57. The van der Waals surface area contributed by atoms with Gasteiger partial charge >= 0.3 is 0 Å². The summed E-state index contributed by atoms with van der Waals surface area (Å²) in [6.07, 6.45) is 0. The van der Waals surface area contributed by atoms with Crippen LogP contribution in [-0.4, -0.2) is 10.6 Å². The highest BCUT2D eigenvalue weighted by molar-refractivity contribution is 7.80. The fraction of sp³-hybridized carbons (Fsp3) is 0.846. The molecule has 0 saturated heterocycles. The third kappa shape index (κ3) is 13.8. The van der Waals surface area contributed by atoms with Gasteiger partial charge in [0.25, 0.3) is 0 Å². The first-order valence-corrected chi connectivity index (χ1v) is 5.32. The summed E-state index contributed by atoms with van der Waals surface area (Å²) in [4.78, 5) is 11.5. The molecule has 1 nitrogen and oxygen atoms in total. The normalized spacial score (nSPS) is 10.7. The van der Waals surface area contributed by atoms with Crippen molar-refractivity contribution in [3.8, 4) is 0 Å². The van der Waals surface area contributed by atoms with Crippen LogP contribution < -0.4 is 0 Å². The Morgan fingerprint density at radius 1 is 0.867 bits per heavy atom. The van der Waals surface area contributed by atoms with E-state index in [-0.39, 0.29) is 24.0 Å². The Labute approximate surface area is 102 Å². The molecule has 92 valence electrons. The van der Waals surface area contributed by atoms with Crippen LogP contribution in [0.4, 0.5) is 0 Å². The van der Waals surface area contributed by atoms with Gasteiger partial charge in [-0.1, -0.05) is 61.2 Å². The number of Topliss-reactive ketones (excluding diaryl/α,β-unsaturated/α-hetero) is 1. The van der Waals surface area contributed by atoms with Crippen LogP contribution in [0, 0.1) is 10.8 Å².